The summed E-state index contributed by atoms with van der Waals surface area (Å²) >= 11 is 3.46. The predicted octanol–water partition coefficient (Wildman–Crippen LogP) is 4.86. The van der Waals surface area contributed by atoms with Gasteiger partial charge in [-0.15, -0.1) is 0 Å². The molecule has 2 heterocycles. The lowest BCUT2D eigenvalue weighted by Gasteiger charge is -2.18. The zero-order valence-corrected chi connectivity index (χ0v) is 20.0. The summed E-state index contributed by atoms with van der Waals surface area (Å²) in [6, 6.07) is 14.5. The van der Waals surface area contributed by atoms with Crippen LogP contribution in [-0.4, -0.2) is 25.5 Å². The topological polar surface area (TPSA) is 81.8 Å². The summed E-state index contributed by atoms with van der Waals surface area (Å²) in [4.78, 5) is 26.6. The van der Waals surface area contributed by atoms with Gasteiger partial charge in [-0.1, -0.05) is 41.1 Å². The Hall–Kier alpha value is -3.26. The maximum absolute atomic E-state index is 13.5. The largest absolute Gasteiger partial charge is 0.324 e. The minimum atomic E-state index is -0.742. The molecule has 0 radical (unpaired) electrons. The Bertz CT molecular complexity index is 1370. The first-order valence-corrected chi connectivity index (χ1v) is 11.2. The number of hydrogen-bond donors (Lipinski definition) is 1. The summed E-state index contributed by atoms with van der Waals surface area (Å²) in [6.07, 6.45) is 0.422. The Morgan fingerprint density at radius 3 is 2.47 bits per heavy atom. The van der Waals surface area contributed by atoms with Crippen LogP contribution in [0.25, 0.3) is 16.6 Å². The van der Waals surface area contributed by atoms with Crippen LogP contribution < -0.4 is 10.9 Å². The minimum Gasteiger partial charge on any atom is -0.324 e. The number of carbonyl (C=O) groups is 1. The van der Waals surface area contributed by atoms with Crippen LogP contribution in [-0.2, 0) is 4.79 Å². The molecule has 1 atom stereocenters. The maximum Gasteiger partial charge on any atom is 0.278 e. The van der Waals surface area contributed by atoms with Crippen molar-refractivity contribution in [1.29, 1.82) is 0 Å². The molecular formula is C24H24BrN5O2. The number of anilines is 1. The molecule has 0 bridgehead atoms. The van der Waals surface area contributed by atoms with E-state index < -0.39 is 6.04 Å². The van der Waals surface area contributed by atoms with Crippen molar-refractivity contribution in [2.45, 2.75) is 40.2 Å². The Labute approximate surface area is 194 Å². The molecular weight excluding hydrogens is 470 g/mol. The summed E-state index contributed by atoms with van der Waals surface area (Å²) < 4.78 is 4.01. The number of aryl methyl sites for hydroxylation is 3. The van der Waals surface area contributed by atoms with Gasteiger partial charge in [0.15, 0.2) is 0 Å². The molecule has 0 saturated heterocycles. The SMILES string of the molecule is CCC(C(=O)Nc1ccc(Br)c(C)c1)n1nc(C)c2nn(-c3ccccc3)c(C)c2c1=O. The van der Waals surface area contributed by atoms with E-state index >= 15 is 0 Å². The third-order valence-corrected chi connectivity index (χ3v) is 6.44. The summed E-state index contributed by atoms with van der Waals surface area (Å²) in [6.45, 7) is 7.49. The van der Waals surface area contributed by atoms with Gasteiger partial charge in [0.25, 0.3) is 5.56 Å². The second-order valence-corrected chi connectivity index (χ2v) is 8.62. The van der Waals surface area contributed by atoms with Crippen molar-refractivity contribution >= 4 is 38.4 Å². The summed E-state index contributed by atoms with van der Waals surface area (Å²) in [5.41, 5.74) is 4.09. The van der Waals surface area contributed by atoms with Crippen molar-refractivity contribution in [1.82, 2.24) is 19.6 Å². The number of amides is 1. The average molecular weight is 494 g/mol. The smallest absolute Gasteiger partial charge is 0.278 e. The number of nitrogens with zero attached hydrogens (tertiary/aromatic N) is 4. The maximum atomic E-state index is 13.5. The lowest BCUT2D eigenvalue weighted by atomic mass is 10.1. The lowest BCUT2D eigenvalue weighted by Crippen LogP contribution is -2.35. The average Bonchev–Trinajstić information content (AvgIpc) is 3.13. The highest BCUT2D eigenvalue weighted by Gasteiger charge is 2.25. The van der Waals surface area contributed by atoms with Crippen LogP contribution in [0, 0.1) is 20.8 Å². The number of carbonyl (C=O) groups excluding carboxylic acids is 1. The molecule has 2 aromatic carbocycles. The van der Waals surface area contributed by atoms with Gasteiger partial charge in [0.1, 0.15) is 11.6 Å². The van der Waals surface area contributed by atoms with E-state index in [1.165, 1.54) is 4.68 Å². The van der Waals surface area contributed by atoms with E-state index in [4.69, 9.17) is 0 Å². The van der Waals surface area contributed by atoms with Crippen LogP contribution in [0.5, 0.6) is 0 Å². The molecule has 2 aromatic heterocycles. The van der Waals surface area contributed by atoms with E-state index in [1.807, 2.05) is 76.2 Å². The number of para-hydroxylation sites is 1. The van der Waals surface area contributed by atoms with Gasteiger partial charge >= 0.3 is 0 Å². The number of rotatable bonds is 5. The second kappa shape index (κ2) is 8.70. The van der Waals surface area contributed by atoms with Crippen molar-refractivity contribution in [2.24, 2.45) is 0 Å². The fourth-order valence-corrected chi connectivity index (χ4v) is 4.08. The van der Waals surface area contributed by atoms with Crippen molar-refractivity contribution in [3.05, 3.63) is 80.3 Å². The molecule has 4 rings (SSSR count). The Kier molecular flexibility index (Phi) is 5.97. The van der Waals surface area contributed by atoms with Gasteiger partial charge in [-0.25, -0.2) is 9.36 Å². The van der Waals surface area contributed by atoms with E-state index in [0.717, 1.165) is 15.7 Å². The standard InChI is InChI=1S/C24H24BrN5O2/c1-5-20(23(31)26-17-11-12-19(25)14(2)13-17)30-24(32)21-16(4)29(18-9-7-6-8-10-18)28-22(21)15(3)27-30/h6-13,20H,5H2,1-4H3,(H,26,31). The predicted molar refractivity (Wildman–Crippen MR) is 129 cm³/mol. The molecule has 7 nitrogen and oxygen atoms in total. The van der Waals surface area contributed by atoms with Gasteiger partial charge in [0.05, 0.1) is 22.5 Å². The Morgan fingerprint density at radius 1 is 1.09 bits per heavy atom. The van der Waals surface area contributed by atoms with Crippen molar-refractivity contribution in [3.8, 4) is 5.69 Å². The summed E-state index contributed by atoms with van der Waals surface area (Å²) in [5, 5.41) is 12.5. The molecule has 1 unspecified atom stereocenters. The van der Waals surface area contributed by atoms with E-state index in [1.54, 1.807) is 4.68 Å². The van der Waals surface area contributed by atoms with Crippen molar-refractivity contribution in [3.63, 3.8) is 0 Å². The molecule has 1 N–H and O–H groups in total. The van der Waals surface area contributed by atoms with E-state index in [2.05, 4.69) is 31.4 Å². The van der Waals surface area contributed by atoms with Gasteiger partial charge in [-0.05, 0) is 63.1 Å². The van der Waals surface area contributed by atoms with Gasteiger partial charge in [-0.2, -0.15) is 10.2 Å². The zero-order chi connectivity index (χ0) is 23.0. The molecule has 0 saturated carbocycles. The minimum absolute atomic E-state index is 0.282. The van der Waals surface area contributed by atoms with E-state index in [0.29, 0.717) is 34.4 Å². The molecule has 0 aliphatic carbocycles. The Balaban J connectivity index is 1.78. The van der Waals surface area contributed by atoms with Gasteiger partial charge < -0.3 is 5.32 Å². The molecule has 0 aliphatic rings. The number of benzene rings is 2. The van der Waals surface area contributed by atoms with Crippen molar-refractivity contribution < 1.29 is 4.79 Å². The first-order chi connectivity index (χ1) is 15.3. The van der Waals surface area contributed by atoms with Gasteiger partial charge in [0.2, 0.25) is 5.91 Å². The van der Waals surface area contributed by atoms with Crippen LogP contribution in [0.4, 0.5) is 5.69 Å². The zero-order valence-electron chi connectivity index (χ0n) is 18.4. The number of nitrogens with one attached hydrogen (secondary N) is 1. The molecule has 0 spiro atoms. The van der Waals surface area contributed by atoms with Crippen LogP contribution in [0.2, 0.25) is 0 Å². The molecule has 32 heavy (non-hydrogen) atoms. The molecule has 0 aliphatic heterocycles. The molecule has 4 aromatic rings. The summed E-state index contributed by atoms with van der Waals surface area (Å²) in [5.74, 6) is -0.282. The van der Waals surface area contributed by atoms with Gasteiger partial charge in [-0.3, -0.25) is 9.59 Å². The molecule has 8 heteroatoms. The third-order valence-electron chi connectivity index (χ3n) is 5.55. The monoisotopic (exact) mass is 493 g/mol. The van der Waals surface area contributed by atoms with Crippen LogP contribution in [0.3, 0.4) is 0 Å². The fourth-order valence-electron chi connectivity index (χ4n) is 3.83. The summed E-state index contributed by atoms with van der Waals surface area (Å²) in [7, 11) is 0. The highest BCUT2D eigenvalue weighted by Crippen LogP contribution is 2.23. The van der Waals surface area contributed by atoms with E-state index in [9.17, 15) is 9.59 Å². The first-order valence-electron chi connectivity index (χ1n) is 10.4. The number of aromatic nitrogens is 4. The number of halogens is 1. The number of hydrogen-bond acceptors (Lipinski definition) is 4. The van der Waals surface area contributed by atoms with Crippen LogP contribution >= 0.6 is 15.9 Å². The molecule has 164 valence electrons. The molecule has 1 amide bonds. The van der Waals surface area contributed by atoms with Crippen LogP contribution in [0.1, 0.15) is 36.3 Å². The second-order valence-electron chi connectivity index (χ2n) is 7.77. The van der Waals surface area contributed by atoms with Gasteiger partial charge in [0, 0.05) is 10.2 Å². The molecule has 0 fully saturated rings. The fraction of sp³-hybridized carbons (Fsp3) is 0.250. The lowest BCUT2D eigenvalue weighted by molar-refractivity contribution is -0.119. The number of fused-ring (bicyclic) bond motifs is 1. The Morgan fingerprint density at radius 2 is 1.81 bits per heavy atom. The first kappa shape index (κ1) is 22.0. The van der Waals surface area contributed by atoms with E-state index in [-0.39, 0.29) is 11.5 Å². The normalized spacial score (nSPS) is 12.2. The third kappa shape index (κ3) is 3.86. The highest BCUT2D eigenvalue weighted by molar-refractivity contribution is 9.10. The highest BCUT2D eigenvalue weighted by atomic mass is 79.9. The van der Waals surface area contributed by atoms with Crippen LogP contribution in [0.15, 0.2) is 57.8 Å². The quantitative estimate of drug-likeness (QED) is 0.430. The van der Waals surface area contributed by atoms with Crippen molar-refractivity contribution in [2.75, 3.05) is 5.32 Å².